The first-order chi connectivity index (χ1) is 26.3. The minimum absolute atomic E-state index is 1.01. The summed E-state index contributed by atoms with van der Waals surface area (Å²) in [4.78, 5) is 7.83. The van der Waals surface area contributed by atoms with E-state index >= 15 is 0 Å². The van der Waals surface area contributed by atoms with Crippen molar-refractivity contribution in [3.05, 3.63) is 170 Å². The second kappa shape index (κ2) is 9.78. The molecule has 0 saturated carbocycles. The number of hydrogen-bond donors (Lipinski definition) is 0. The first-order valence-corrected chi connectivity index (χ1v) is 18.2. The Morgan fingerprint density at radius 2 is 0.925 bits per heavy atom. The van der Waals surface area contributed by atoms with Gasteiger partial charge in [-0.2, -0.15) is 0 Å². The number of hydrogen-bond acceptors (Lipinski definition) is 2. The lowest BCUT2D eigenvalue weighted by Gasteiger charge is -2.26. The van der Waals surface area contributed by atoms with Crippen LogP contribution in [0, 0.1) is 0 Å². The number of anilines is 3. The SMILES string of the molecule is c1ccc(N(c2ccccc2)c2cccc3c4c5ccccc5cc5c6c7c8cc9ccccc9c9c%10ccccc%10n(c7ncc6n(c23)c54)c89)cc1. The van der Waals surface area contributed by atoms with Crippen molar-refractivity contribution in [3.8, 4) is 0 Å². The molecule has 5 heterocycles. The van der Waals surface area contributed by atoms with Crippen LogP contribution in [-0.2, 0) is 0 Å². The molecular weight excluding hydrogens is 645 g/mol. The molecule has 4 nitrogen and oxygen atoms in total. The smallest absolute Gasteiger partial charge is 0.146 e. The third-order valence-corrected chi connectivity index (χ3v) is 11.7. The van der Waals surface area contributed by atoms with Gasteiger partial charge in [-0.25, -0.2) is 4.98 Å². The van der Waals surface area contributed by atoms with Crippen molar-refractivity contribution < 1.29 is 0 Å². The molecule has 0 spiro atoms. The maximum Gasteiger partial charge on any atom is 0.146 e. The zero-order valence-electron chi connectivity index (χ0n) is 28.5. The van der Waals surface area contributed by atoms with Crippen molar-refractivity contribution in [2.24, 2.45) is 0 Å². The lowest BCUT2D eigenvalue weighted by atomic mass is 9.97. The summed E-state index contributed by atoms with van der Waals surface area (Å²) in [5, 5.41) is 15.1. The third kappa shape index (κ3) is 3.34. The fourth-order valence-corrected chi connectivity index (χ4v) is 9.73. The average molecular weight is 673 g/mol. The molecule has 0 saturated heterocycles. The highest BCUT2D eigenvalue weighted by Gasteiger charge is 2.28. The van der Waals surface area contributed by atoms with Gasteiger partial charge in [0.2, 0.25) is 0 Å². The van der Waals surface area contributed by atoms with E-state index in [2.05, 4.69) is 184 Å². The van der Waals surface area contributed by atoms with Crippen molar-refractivity contribution in [2.75, 3.05) is 4.90 Å². The second-order valence-electron chi connectivity index (χ2n) is 14.3. The first-order valence-electron chi connectivity index (χ1n) is 18.2. The molecule has 0 unspecified atom stereocenters. The zero-order valence-corrected chi connectivity index (χ0v) is 28.5. The largest absolute Gasteiger partial charge is 0.308 e. The molecule has 0 aliphatic heterocycles. The molecule has 13 rings (SSSR count). The highest BCUT2D eigenvalue weighted by atomic mass is 15.2. The fraction of sp³-hybridized carbons (Fsp3) is 0. The van der Waals surface area contributed by atoms with Gasteiger partial charge < -0.3 is 9.30 Å². The van der Waals surface area contributed by atoms with Crippen LogP contribution in [0.4, 0.5) is 17.1 Å². The van der Waals surface area contributed by atoms with Crippen LogP contribution < -0.4 is 4.90 Å². The number of benzene rings is 8. The molecular formula is C49H28N4. The van der Waals surface area contributed by atoms with E-state index in [1.807, 2.05) is 0 Å². The van der Waals surface area contributed by atoms with Crippen LogP contribution in [0.1, 0.15) is 0 Å². The number of fused-ring (bicyclic) bond motifs is 17. The summed E-state index contributed by atoms with van der Waals surface area (Å²) in [5.74, 6) is 0. The molecule has 0 bridgehead atoms. The van der Waals surface area contributed by atoms with Gasteiger partial charge in [0.05, 0.1) is 39.5 Å². The Bertz CT molecular complexity index is 3580. The lowest BCUT2D eigenvalue weighted by molar-refractivity contribution is 1.25. The maximum atomic E-state index is 5.43. The molecule has 0 aliphatic carbocycles. The first kappa shape index (κ1) is 27.5. The number of pyridine rings is 1. The molecule has 0 radical (unpaired) electrons. The Morgan fingerprint density at radius 1 is 0.377 bits per heavy atom. The number of aromatic nitrogens is 3. The summed E-state index contributed by atoms with van der Waals surface area (Å²) in [6, 6.07) is 59.6. The average Bonchev–Trinajstić information content (AvgIpc) is 3.94. The number of nitrogens with zero attached hydrogens (tertiary/aromatic N) is 4. The van der Waals surface area contributed by atoms with Gasteiger partial charge in [0.1, 0.15) is 5.65 Å². The predicted molar refractivity (Wildman–Crippen MR) is 223 cm³/mol. The van der Waals surface area contributed by atoms with Gasteiger partial charge in [0, 0.05) is 54.5 Å². The van der Waals surface area contributed by atoms with Crippen LogP contribution in [0.15, 0.2) is 170 Å². The quantitative estimate of drug-likeness (QED) is 0.187. The van der Waals surface area contributed by atoms with Crippen LogP contribution >= 0.6 is 0 Å². The fourth-order valence-electron chi connectivity index (χ4n) is 9.73. The third-order valence-electron chi connectivity index (χ3n) is 11.7. The van der Waals surface area contributed by atoms with E-state index in [-0.39, 0.29) is 0 Å². The van der Waals surface area contributed by atoms with Crippen molar-refractivity contribution in [1.29, 1.82) is 0 Å². The van der Waals surface area contributed by atoms with Crippen molar-refractivity contribution in [3.63, 3.8) is 0 Å². The Balaban J connectivity index is 1.29. The summed E-state index contributed by atoms with van der Waals surface area (Å²) in [6.45, 7) is 0. The molecule has 8 aromatic carbocycles. The number of rotatable bonds is 3. The lowest BCUT2D eigenvalue weighted by Crippen LogP contribution is -2.10. The maximum absolute atomic E-state index is 5.43. The predicted octanol–water partition coefficient (Wildman–Crippen LogP) is 13.2. The van der Waals surface area contributed by atoms with Crippen LogP contribution in [0.5, 0.6) is 0 Å². The van der Waals surface area contributed by atoms with Gasteiger partial charge in [-0.1, -0.05) is 115 Å². The van der Waals surface area contributed by atoms with Crippen molar-refractivity contribution in [1.82, 2.24) is 13.8 Å². The molecule has 4 heteroatoms. The summed E-state index contributed by atoms with van der Waals surface area (Å²) < 4.78 is 4.94. The van der Waals surface area contributed by atoms with E-state index in [9.17, 15) is 0 Å². The van der Waals surface area contributed by atoms with Crippen molar-refractivity contribution >= 4 is 115 Å². The molecule has 0 amide bonds. The van der Waals surface area contributed by atoms with Crippen LogP contribution in [0.3, 0.4) is 0 Å². The highest BCUT2D eigenvalue weighted by molar-refractivity contribution is 6.40. The summed E-state index contributed by atoms with van der Waals surface area (Å²) in [5.41, 5.74) is 10.4. The Labute approximate surface area is 302 Å². The summed E-state index contributed by atoms with van der Waals surface area (Å²) in [7, 11) is 0. The highest BCUT2D eigenvalue weighted by Crippen LogP contribution is 2.51. The molecule has 5 aromatic heterocycles. The topological polar surface area (TPSA) is 24.9 Å². The van der Waals surface area contributed by atoms with Gasteiger partial charge >= 0.3 is 0 Å². The summed E-state index contributed by atoms with van der Waals surface area (Å²) >= 11 is 0. The Hall–Kier alpha value is -7.17. The zero-order chi connectivity index (χ0) is 34.4. The van der Waals surface area contributed by atoms with E-state index in [4.69, 9.17) is 4.98 Å². The summed E-state index contributed by atoms with van der Waals surface area (Å²) in [6.07, 6.45) is 2.13. The van der Waals surface area contributed by atoms with Crippen LogP contribution in [0.2, 0.25) is 0 Å². The molecule has 53 heavy (non-hydrogen) atoms. The van der Waals surface area contributed by atoms with Crippen LogP contribution in [-0.4, -0.2) is 13.8 Å². The van der Waals surface area contributed by atoms with E-state index in [0.29, 0.717) is 0 Å². The van der Waals surface area contributed by atoms with E-state index in [1.165, 1.54) is 86.7 Å². The molecule has 0 fully saturated rings. The monoisotopic (exact) mass is 672 g/mol. The molecule has 0 atom stereocenters. The van der Waals surface area contributed by atoms with Gasteiger partial charge in [-0.05, 0) is 70.1 Å². The standard InChI is InChI=1S/C49H28N4/c1-3-16-31(17-4-1)51(32-18-5-2-6-19-32)40-25-13-23-36-43-34-21-10-8-14-29(34)26-37-44-41(52(46(36)40)47(37)43)28-50-49-45(44)38-27-30-15-7-9-20-33(30)42-35-22-11-12-24-39(35)53(49)48(38)42/h1-28H. The van der Waals surface area contributed by atoms with Gasteiger partial charge in [-0.3, -0.25) is 4.40 Å². The molecule has 0 N–H and O–H groups in total. The van der Waals surface area contributed by atoms with E-state index in [0.717, 1.165) is 28.2 Å². The second-order valence-corrected chi connectivity index (χ2v) is 14.3. The Kier molecular flexibility index (Phi) is 5.08. The minimum atomic E-state index is 1.01. The molecule has 244 valence electrons. The Morgan fingerprint density at radius 3 is 1.62 bits per heavy atom. The normalized spacial score (nSPS) is 12.5. The van der Waals surface area contributed by atoms with Crippen LogP contribution in [0.25, 0.3) is 97.9 Å². The van der Waals surface area contributed by atoms with E-state index in [1.54, 1.807) is 0 Å². The van der Waals surface area contributed by atoms with Gasteiger partial charge in [-0.15, -0.1) is 0 Å². The molecule has 0 aliphatic rings. The molecule has 13 aromatic rings. The minimum Gasteiger partial charge on any atom is -0.308 e. The van der Waals surface area contributed by atoms with Gasteiger partial charge in [0.15, 0.2) is 0 Å². The van der Waals surface area contributed by atoms with Crippen molar-refractivity contribution in [2.45, 2.75) is 0 Å². The van der Waals surface area contributed by atoms with Gasteiger partial charge in [0.25, 0.3) is 0 Å². The number of para-hydroxylation sites is 4. The van der Waals surface area contributed by atoms with E-state index < -0.39 is 0 Å².